The predicted molar refractivity (Wildman–Crippen MR) is 78.4 cm³/mol. The minimum Gasteiger partial charge on any atom is -0.458 e. The molecule has 0 aliphatic rings. The Morgan fingerprint density at radius 1 is 1.14 bits per heavy atom. The molecule has 0 fully saturated rings. The van der Waals surface area contributed by atoms with Gasteiger partial charge in [-0.2, -0.15) is 0 Å². The number of hydrogen-bond acceptors (Lipinski definition) is 4. The second-order valence-corrected chi connectivity index (χ2v) is 5.02. The first-order valence-corrected chi connectivity index (χ1v) is 6.54. The Bertz CT molecular complexity index is 810. The number of aliphatic hydroxyl groups is 1. The van der Waals surface area contributed by atoms with Crippen LogP contribution in [0.2, 0.25) is 5.02 Å². The lowest BCUT2D eigenvalue weighted by Crippen LogP contribution is -1.97. The molecule has 5 nitrogen and oxygen atoms in total. The summed E-state index contributed by atoms with van der Waals surface area (Å²) in [5, 5.41) is 22.3. The first kappa shape index (κ1) is 13.6. The van der Waals surface area contributed by atoms with Crippen molar-refractivity contribution >= 4 is 28.3 Å². The number of halogens is 1. The molecule has 2 aromatic carbocycles. The molecule has 21 heavy (non-hydrogen) atoms. The Balaban J connectivity index is 2.00. The van der Waals surface area contributed by atoms with Crippen molar-refractivity contribution < 1.29 is 14.4 Å². The molecular formula is C15H10ClNO4. The number of benzene rings is 2. The van der Waals surface area contributed by atoms with E-state index in [9.17, 15) is 15.2 Å². The number of fused-ring (bicyclic) bond motifs is 1. The van der Waals surface area contributed by atoms with Crippen LogP contribution in [-0.4, -0.2) is 10.0 Å². The van der Waals surface area contributed by atoms with Crippen molar-refractivity contribution in [2.24, 2.45) is 0 Å². The fourth-order valence-electron chi connectivity index (χ4n) is 2.10. The van der Waals surface area contributed by atoms with Crippen LogP contribution < -0.4 is 0 Å². The molecule has 0 amide bonds. The maximum Gasteiger partial charge on any atom is 0.273 e. The highest BCUT2D eigenvalue weighted by Crippen LogP contribution is 2.30. The van der Waals surface area contributed by atoms with E-state index in [4.69, 9.17) is 16.0 Å². The largest absolute Gasteiger partial charge is 0.458 e. The van der Waals surface area contributed by atoms with Crippen molar-refractivity contribution in [2.45, 2.75) is 6.10 Å². The number of non-ortho nitro benzene ring substituents is 1. The third kappa shape index (κ3) is 2.61. The number of nitrogens with zero attached hydrogens (tertiary/aromatic N) is 1. The molecule has 0 bridgehead atoms. The van der Waals surface area contributed by atoms with Gasteiger partial charge in [0.2, 0.25) is 0 Å². The van der Waals surface area contributed by atoms with E-state index in [2.05, 4.69) is 0 Å². The zero-order chi connectivity index (χ0) is 15.0. The Morgan fingerprint density at radius 3 is 2.52 bits per heavy atom. The number of rotatable bonds is 3. The van der Waals surface area contributed by atoms with Gasteiger partial charge in [-0.15, -0.1) is 0 Å². The van der Waals surface area contributed by atoms with Crippen molar-refractivity contribution in [3.8, 4) is 0 Å². The molecular weight excluding hydrogens is 294 g/mol. The Kier molecular flexibility index (Phi) is 3.37. The lowest BCUT2D eigenvalue weighted by atomic mass is 10.1. The van der Waals surface area contributed by atoms with Crippen LogP contribution in [0.4, 0.5) is 5.69 Å². The van der Waals surface area contributed by atoms with E-state index in [1.165, 1.54) is 12.1 Å². The number of nitro groups is 1. The maximum atomic E-state index is 10.7. The number of hydrogen-bond donors (Lipinski definition) is 1. The molecule has 1 unspecified atom stereocenters. The van der Waals surface area contributed by atoms with Crippen LogP contribution in [0, 0.1) is 10.1 Å². The summed E-state index contributed by atoms with van der Waals surface area (Å²) in [7, 11) is 0. The van der Waals surface area contributed by atoms with E-state index in [1.807, 2.05) is 0 Å². The van der Waals surface area contributed by atoms with Crippen molar-refractivity contribution in [2.75, 3.05) is 0 Å². The van der Waals surface area contributed by atoms with E-state index in [0.29, 0.717) is 27.3 Å². The van der Waals surface area contributed by atoms with Crippen molar-refractivity contribution in [1.82, 2.24) is 0 Å². The first-order valence-electron chi connectivity index (χ1n) is 6.16. The van der Waals surface area contributed by atoms with E-state index in [-0.39, 0.29) is 5.69 Å². The quantitative estimate of drug-likeness (QED) is 0.584. The molecule has 1 aromatic heterocycles. The van der Waals surface area contributed by atoms with Gasteiger partial charge < -0.3 is 9.52 Å². The standard InChI is InChI=1S/C15H10ClNO4/c16-11-4-1-9(2-5-11)15(18)14-7-10-3-6-12(17(19)20)8-13(10)21-14/h1-8,15,18H. The lowest BCUT2D eigenvalue weighted by Gasteiger charge is -2.07. The molecule has 0 aliphatic carbocycles. The summed E-state index contributed by atoms with van der Waals surface area (Å²) < 4.78 is 5.52. The molecule has 3 aromatic rings. The molecule has 0 aliphatic heterocycles. The number of aliphatic hydroxyl groups excluding tert-OH is 1. The molecule has 0 radical (unpaired) electrons. The Labute approximate surface area is 124 Å². The van der Waals surface area contributed by atoms with Gasteiger partial charge in [0, 0.05) is 16.5 Å². The average molecular weight is 304 g/mol. The van der Waals surface area contributed by atoms with Gasteiger partial charge in [-0.1, -0.05) is 23.7 Å². The van der Waals surface area contributed by atoms with Crippen molar-refractivity contribution in [1.29, 1.82) is 0 Å². The summed E-state index contributed by atoms with van der Waals surface area (Å²) >= 11 is 5.80. The average Bonchev–Trinajstić information content (AvgIpc) is 2.90. The second kappa shape index (κ2) is 5.20. The van der Waals surface area contributed by atoms with Gasteiger partial charge in [-0.3, -0.25) is 10.1 Å². The molecule has 0 spiro atoms. The van der Waals surface area contributed by atoms with Crippen LogP contribution in [0.1, 0.15) is 17.4 Å². The van der Waals surface area contributed by atoms with Gasteiger partial charge in [0.05, 0.1) is 11.0 Å². The first-order chi connectivity index (χ1) is 10.0. The molecule has 1 heterocycles. The van der Waals surface area contributed by atoms with Crippen LogP contribution in [0.5, 0.6) is 0 Å². The van der Waals surface area contributed by atoms with Crippen molar-refractivity contribution in [3.05, 3.63) is 75.0 Å². The fourth-order valence-corrected chi connectivity index (χ4v) is 2.22. The molecule has 0 saturated carbocycles. The predicted octanol–water partition coefficient (Wildman–Crippen LogP) is 4.08. The van der Waals surface area contributed by atoms with Crippen LogP contribution in [0.25, 0.3) is 11.0 Å². The van der Waals surface area contributed by atoms with Crippen LogP contribution in [0.15, 0.2) is 52.9 Å². The van der Waals surface area contributed by atoms with E-state index in [1.54, 1.807) is 36.4 Å². The monoisotopic (exact) mass is 303 g/mol. The zero-order valence-electron chi connectivity index (χ0n) is 10.7. The van der Waals surface area contributed by atoms with Gasteiger partial charge in [0.15, 0.2) is 0 Å². The minimum atomic E-state index is -0.950. The summed E-state index contributed by atoms with van der Waals surface area (Å²) in [6.45, 7) is 0. The van der Waals surface area contributed by atoms with Crippen molar-refractivity contribution in [3.63, 3.8) is 0 Å². The topological polar surface area (TPSA) is 76.5 Å². The molecule has 1 N–H and O–H groups in total. The van der Waals surface area contributed by atoms with Crippen LogP contribution in [0.3, 0.4) is 0 Å². The number of nitro benzene ring substituents is 1. The van der Waals surface area contributed by atoms with Gasteiger partial charge >= 0.3 is 0 Å². The molecule has 1 atom stereocenters. The van der Waals surface area contributed by atoms with Gasteiger partial charge in [-0.05, 0) is 29.8 Å². The van der Waals surface area contributed by atoms with E-state index in [0.717, 1.165) is 0 Å². The summed E-state index contributed by atoms with van der Waals surface area (Å²) in [6, 6.07) is 12.7. The van der Waals surface area contributed by atoms with Gasteiger partial charge in [0.25, 0.3) is 5.69 Å². The summed E-state index contributed by atoms with van der Waals surface area (Å²) in [6.07, 6.45) is -0.950. The normalized spacial score (nSPS) is 12.5. The third-order valence-corrected chi connectivity index (χ3v) is 3.44. The second-order valence-electron chi connectivity index (χ2n) is 4.58. The highest BCUT2D eigenvalue weighted by atomic mass is 35.5. The van der Waals surface area contributed by atoms with E-state index < -0.39 is 11.0 Å². The SMILES string of the molecule is O=[N+]([O-])c1ccc2cc(C(O)c3ccc(Cl)cc3)oc2c1. The van der Waals surface area contributed by atoms with Gasteiger partial charge in [-0.25, -0.2) is 0 Å². The minimum absolute atomic E-state index is 0.0515. The Hall–Kier alpha value is -2.37. The fraction of sp³-hybridized carbons (Fsp3) is 0.0667. The molecule has 3 rings (SSSR count). The van der Waals surface area contributed by atoms with E-state index >= 15 is 0 Å². The van der Waals surface area contributed by atoms with Gasteiger partial charge in [0.1, 0.15) is 17.4 Å². The maximum absolute atomic E-state index is 10.7. The molecule has 106 valence electrons. The highest BCUT2D eigenvalue weighted by Gasteiger charge is 2.17. The Morgan fingerprint density at radius 2 is 1.86 bits per heavy atom. The zero-order valence-corrected chi connectivity index (χ0v) is 11.4. The summed E-state index contributed by atoms with van der Waals surface area (Å²) in [5.41, 5.74) is 0.949. The molecule has 6 heteroatoms. The van der Waals surface area contributed by atoms with Crippen LogP contribution in [-0.2, 0) is 0 Å². The smallest absolute Gasteiger partial charge is 0.273 e. The lowest BCUT2D eigenvalue weighted by molar-refractivity contribution is -0.384. The summed E-state index contributed by atoms with van der Waals surface area (Å²) in [4.78, 5) is 10.3. The highest BCUT2D eigenvalue weighted by molar-refractivity contribution is 6.30. The summed E-state index contributed by atoms with van der Waals surface area (Å²) in [5.74, 6) is 0.327. The number of furan rings is 1. The molecule has 0 saturated heterocycles. The third-order valence-electron chi connectivity index (χ3n) is 3.19. The van der Waals surface area contributed by atoms with Crippen LogP contribution >= 0.6 is 11.6 Å².